The molecule has 1 fully saturated rings. The van der Waals surface area contributed by atoms with Crippen molar-refractivity contribution in [1.82, 2.24) is 24.8 Å². The number of hydrogen-bond acceptors (Lipinski definition) is 7. The summed E-state index contributed by atoms with van der Waals surface area (Å²) in [4.78, 5) is 22.3. The van der Waals surface area contributed by atoms with E-state index < -0.39 is 0 Å². The first-order chi connectivity index (χ1) is 15.3. The molecular weight excluding hydrogens is 400 g/mol. The molecule has 1 aliphatic heterocycles. The Balaban J connectivity index is 1.55. The first kappa shape index (κ1) is 22.8. The molecule has 0 saturated carbocycles. The van der Waals surface area contributed by atoms with Crippen LogP contribution in [-0.2, 0) is 4.74 Å². The fraction of sp³-hybridized carbons (Fsp3) is 0.600. The summed E-state index contributed by atoms with van der Waals surface area (Å²) in [7, 11) is 3.92. The molecule has 4 rings (SSSR count). The fourth-order valence-electron chi connectivity index (χ4n) is 5.07. The molecule has 2 aromatic heterocycles. The van der Waals surface area contributed by atoms with Gasteiger partial charge in [-0.3, -0.25) is 4.90 Å². The van der Waals surface area contributed by atoms with Crippen LogP contribution < -0.4 is 4.90 Å². The lowest BCUT2D eigenvalue weighted by atomic mass is 9.71. The molecule has 0 N–H and O–H groups in total. The quantitative estimate of drug-likeness (QED) is 0.626. The van der Waals surface area contributed by atoms with Gasteiger partial charge >= 0.3 is 0 Å². The molecule has 3 heterocycles. The lowest BCUT2D eigenvalue weighted by Crippen LogP contribution is -2.40. The second kappa shape index (κ2) is 9.63. The monoisotopic (exact) mass is 436 g/mol. The van der Waals surface area contributed by atoms with Gasteiger partial charge in [0.1, 0.15) is 12.4 Å². The lowest BCUT2D eigenvalue weighted by molar-refractivity contribution is -0.0316. The highest BCUT2D eigenvalue weighted by molar-refractivity contribution is 5.64. The van der Waals surface area contributed by atoms with Crippen molar-refractivity contribution in [3.63, 3.8) is 0 Å². The molecule has 0 radical (unpaired) electrons. The second-order valence-electron chi connectivity index (χ2n) is 9.90. The van der Waals surface area contributed by atoms with E-state index in [9.17, 15) is 0 Å². The van der Waals surface area contributed by atoms with Crippen molar-refractivity contribution in [3.05, 3.63) is 41.8 Å². The predicted molar refractivity (Wildman–Crippen MR) is 127 cm³/mol. The summed E-state index contributed by atoms with van der Waals surface area (Å²) in [6, 6.07) is 0. The minimum atomic E-state index is -0.102. The van der Waals surface area contributed by atoms with E-state index in [0.29, 0.717) is 18.0 Å². The van der Waals surface area contributed by atoms with Gasteiger partial charge in [0.25, 0.3) is 0 Å². The molecule has 0 aromatic carbocycles. The second-order valence-corrected chi connectivity index (χ2v) is 9.90. The highest BCUT2D eigenvalue weighted by atomic mass is 16.5. The smallest absolute Gasteiger partial charge is 0.225 e. The number of rotatable bonds is 6. The first-order valence-electron chi connectivity index (χ1n) is 11.7. The van der Waals surface area contributed by atoms with Crippen LogP contribution >= 0.6 is 0 Å². The van der Waals surface area contributed by atoms with Crippen LogP contribution in [0.1, 0.15) is 58.3 Å². The standard InChI is InChI=1S/C25H36N6O/c1-18-7-6-9-25(2,3)21(18)8-10-31-11-12-32-22(16-31)23-20(19-13-26-17-27-14-19)15-28-24(29-23)30(4)5/h13-15,17,22H,6-12,16H2,1-5H3. The molecule has 2 aromatic rings. The number of hydrogen-bond donors (Lipinski definition) is 0. The molecule has 2 aliphatic rings. The van der Waals surface area contributed by atoms with Crippen LogP contribution in [0.3, 0.4) is 0 Å². The molecular formula is C25H36N6O. The Morgan fingerprint density at radius 2 is 1.97 bits per heavy atom. The van der Waals surface area contributed by atoms with Crippen molar-refractivity contribution in [2.24, 2.45) is 5.41 Å². The van der Waals surface area contributed by atoms with E-state index in [1.807, 2.05) is 37.6 Å². The molecule has 0 spiro atoms. The van der Waals surface area contributed by atoms with E-state index in [-0.39, 0.29) is 6.10 Å². The van der Waals surface area contributed by atoms with E-state index in [2.05, 4.69) is 40.6 Å². The molecule has 7 nitrogen and oxygen atoms in total. The number of nitrogens with zero attached hydrogens (tertiary/aromatic N) is 6. The number of allylic oxidation sites excluding steroid dienone is 1. The number of morpholine rings is 1. The van der Waals surface area contributed by atoms with Crippen LogP contribution in [0.15, 0.2) is 36.1 Å². The average Bonchev–Trinajstić information content (AvgIpc) is 2.78. The number of aromatic nitrogens is 4. The summed E-state index contributed by atoms with van der Waals surface area (Å²) < 4.78 is 6.24. The highest BCUT2D eigenvalue weighted by Crippen LogP contribution is 2.42. The Hall–Kier alpha value is -2.38. The third-order valence-electron chi connectivity index (χ3n) is 6.90. The van der Waals surface area contributed by atoms with Gasteiger partial charge in [-0.15, -0.1) is 0 Å². The summed E-state index contributed by atoms with van der Waals surface area (Å²) in [5.74, 6) is 0.686. The molecule has 1 unspecified atom stereocenters. The van der Waals surface area contributed by atoms with E-state index in [4.69, 9.17) is 9.72 Å². The van der Waals surface area contributed by atoms with Crippen LogP contribution in [0.4, 0.5) is 5.95 Å². The third-order valence-corrected chi connectivity index (χ3v) is 6.90. The van der Waals surface area contributed by atoms with Crippen LogP contribution in [0, 0.1) is 5.41 Å². The van der Waals surface area contributed by atoms with Gasteiger partial charge in [-0.2, -0.15) is 0 Å². The van der Waals surface area contributed by atoms with Crippen molar-refractivity contribution >= 4 is 5.95 Å². The molecule has 0 bridgehead atoms. The summed E-state index contributed by atoms with van der Waals surface area (Å²) in [5, 5.41) is 0. The van der Waals surface area contributed by atoms with Crippen molar-refractivity contribution < 1.29 is 4.74 Å². The van der Waals surface area contributed by atoms with Crippen LogP contribution in [-0.4, -0.2) is 65.2 Å². The zero-order valence-electron chi connectivity index (χ0n) is 20.1. The third kappa shape index (κ3) is 4.99. The predicted octanol–water partition coefficient (Wildman–Crippen LogP) is 4.29. The Kier molecular flexibility index (Phi) is 6.86. The van der Waals surface area contributed by atoms with Crippen LogP contribution in [0.5, 0.6) is 0 Å². The Morgan fingerprint density at radius 3 is 2.69 bits per heavy atom. The van der Waals surface area contributed by atoms with Crippen molar-refractivity contribution in [3.8, 4) is 11.1 Å². The van der Waals surface area contributed by atoms with Gasteiger partial charge in [0.2, 0.25) is 5.95 Å². The SMILES string of the molecule is CC1=C(CCN2CCOC(c3nc(N(C)C)ncc3-c3cncnc3)C2)C(C)(C)CCC1. The summed E-state index contributed by atoms with van der Waals surface area (Å²) >= 11 is 0. The van der Waals surface area contributed by atoms with E-state index in [1.165, 1.54) is 19.3 Å². The van der Waals surface area contributed by atoms with Crippen molar-refractivity contribution in [2.45, 2.75) is 52.6 Å². The summed E-state index contributed by atoms with van der Waals surface area (Å²) in [6.07, 6.45) is 11.9. The van der Waals surface area contributed by atoms with Gasteiger partial charge in [0.15, 0.2) is 0 Å². The average molecular weight is 437 g/mol. The fourth-order valence-corrected chi connectivity index (χ4v) is 5.07. The highest BCUT2D eigenvalue weighted by Gasteiger charge is 2.30. The maximum Gasteiger partial charge on any atom is 0.225 e. The lowest BCUT2D eigenvalue weighted by Gasteiger charge is -2.38. The van der Waals surface area contributed by atoms with Gasteiger partial charge in [-0.25, -0.2) is 19.9 Å². The Morgan fingerprint density at radius 1 is 1.19 bits per heavy atom. The minimum Gasteiger partial charge on any atom is -0.369 e. The molecule has 32 heavy (non-hydrogen) atoms. The van der Waals surface area contributed by atoms with Gasteiger partial charge in [-0.05, 0) is 38.0 Å². The first-order valence-corrected chi connectivity index (χ1v) is 11.7. The van der Waals surface area contributed by atoms with Gasteiger partial charge in [0.05, 0.1) is 12.3 Å². The molecule has 172 valence electrons. The maximum atomic E-state index is 6.24. The van der Waals surface area contributed by atoms with Crippen LogP contribution in [0.25, 0.3) is 11.1 Å². The van der Waals surface area contributed by atoms with E-state index in [0.717, 1.165) is 42.9 Å². The zero-order chi connectivity index (χ0) is 22.7. The van der Waals surface area contributed by atoms with Crippen LogP contribution in [0.2, 0.25) is 0 Å². The topological polar surface area (TPSA) is 67.3 Å². The molecule has 1 atom stereocenters. The summed E-state index contributed by atoms with van der Waals surface area (Å²) in [5.41, 5.74) is 6.35. The van der Waals surface area contributed by atoms with Gasteiger partial charge in [-0.1, -0.05) is 25.0 Å². The van der Waals surface area contributed by atoms with Crippen molar-refractivity contribution in [1.29, 1.82) is 0 Å². The van der Waals surface area contributed by atoms with E-state index in [1.54, 1.807) is 17.5 Å². The molecule has 1 aliphatic carbocycles. The normalized spacial score (nSPS) is 21.6. The number of anilines is 1. The molecule has 7 heteroatoms. The summed E-state index contributed by atoms with van der Waals surface area (Å²) in [6.45, 7) is 10.7. The maximum absolute atomic E-state index is 6.24. The Bertz CT molecular complexity index is 956. The Labute approximate surface area is 192 Å². The minimum absolute atomic E-state index is 0.102. The van der Waals surface area contributed by atoms with Gasteiger partial charge < -0.3 is 9.64 Å². The molecule has 1 saturated heterocycles. The number of ether oxygens (including phenoxy) is 1. The molecule has 0 amide bonds. The largest absolute Gasteiger partial charge is 0.369 e. The van der Waals surface area contributed by atoms with Gasteiger partial charge in [0, 0.05) is 63.4 Å². The van der Waals surface area contributed by atoms with Crippen molar-refractivity contribution in [2.75, 3.05) is 45.2 Å². The van der Waals surface area contributed by atoms with E-state index >= 15 is 0 Å². The zero-order valence-corrected chi connectivity index (χ0v) is 20.1.